The zero-order chi connectivity index (χ0) is 14.8. The molecule has 20 heavy (non-hydrogen) atoms. The zero-order valence-electron chi connectivity index (χ0n) is 11.1. The van der Waals surface area contributed by atoms with Crippen LogP contribution in [0, 0.1) is 0 Å². The first-order valence-electron chi connectivity index (χ1n) is 6.35. The van der Waals surface area contributed by atoms with Crippen molar-refractivity contribution in [3.63, 3.8) is 0 Å². The summed E-state index contributed by atoms with van der Waals surface area (Å²) in [6.45, 7) is 0. The first kappa shape index (κ1) is 14.8. The van der Waals surface area contributed by atoms with Crippen molar-refractivity contribution < 1.29 is 19.4 Å². The molecule has 0 aliphatic heterocycles. The van der Waals surface area contributed by atoms with Crippen LogP contribution in [-0.4, -0.2) is 30.2 Å². The quantitative estimate of drug-likeness (QED) is 0.875. The van der Waals surface area contributed by atoms with Gasteiger partial charge in [0.25, 0.3) is 0 Å². The van der Waals surface area contributed by atoms with Crippen molar-refractivity contribution in [1.82, 2.24) is 5.32 Å². The number of carbonyl (C=O) groups excluding carboxylic acids is 2. The number of alkyl carbamates (subject to hydrolysis) is 1. The molecule has 1 saturated carbocycles. The van der Waals surface area contributed by atoms with Crippen LogP contribution in [-0.2, 0) is 15.1 Å². The fourth-order valence-electron chi connectivity index (χ4n) is 2.59. The van der Waals surface area contributed by atoms with Crippen molar-refractivity contribution in [3.05, 3.63) is 34.9 Å². The molecule has 0 radical (unpaired) electrons. The Kier molecular flexibility index (Phi) is 4.30. The van der Waals surface area contributed by atoms with Gasteiger partial charge in [-0.2, -0.15) is 0 Å². The van der Waals surface area contributed by atoms with E-state index in [9.17, 15) is 14.7 Å². The Morgan fingerprint density at radius 3 is 2.85 bits per heavy atom. The van der Waals surface area contributed by atoms with Gasteiger partial charge >= 0.3 is 6.09 Å². The lowest BCUT2D eigenvalue weighted by molar-refractivity contribution is -0.137. The first-order chi connectivity index (χ1) is 9.51. The zero-order valence-corrected chi connectivity index (χ0v) is 11.8. The molecule has 1 aromatic carbocycles. The number of nitrogens with one attached hydrogen (secondary N) is 1. The molecule has 0 heterocycles. The van der Waals surface area contributed by atoms with Crippen molar-refractivity contribution in [2.24, 2.45) is 0 Å². The fourth-order valence-corrected chi connectivity index (χ4v) is 2.89. The Balaban J connectivity index is 2.52. The van der Waals surface area contributed by atoms with E-state index in [4.69, 9.17) is 11.6 Å². The third-order valence-electron chi connectivity index (χ3n) is 3.59. The minimum Gasteiger partial charge on any atom is -0.453 e. The molecule has 0 spiro atoms. The molecular weight excluding hydrogens is 282 g/mol. The molecule has 5 nitrogen and oxygen atoms in total. The summed E-state index contributed by atoms with van der Waals surface area (Å²) in [5.41, 5.74) is -0.848. The van der Waals surface area contributed by atoms with Gasteiger partial charge in [0.1, 0.15) is 11.6 Å². The Morgan fingerprint density at radius 1 is 1.50 bits per heavy atom. The van der Waals surface area contributed by atoms with E-state index in [1.54, 1.807) is 24.3 Å². The van der Waals surface area contributed by atoms with Gasteiger partial charge in [-0.1, -0.05) is 29.8 Å². The summed E-state index contributed by atoms with van der Waals surface area (Å²) in [5, 5.41) is 12.8. The van der Waals surface area contributed by atoms with Crippen LogP contribution in [0.2, 0.25) is 5.02 Å². The number of hydrogen-bond donors (Lipinski definition) is 2. The van der Waals surface area contributed by atoms with Crippen LogP contribution in [0.5, 0.6) is 0 Å². The van der Waals surface area contributed by atoms with Crippen molar-refractivity contribution in [2.75, 3.05) is 7.11 Å². The van der Waals surface area contributed by atoms with E-state index in [-0.39, 0.29) is 0 Å². The van der Waals surface area contributed by atoms with E-state index in [0.29, 0.717) is 29.8 Å². The maximum Gasteiger partial charge on any atom is 0.407 e. The smallest absolute Gasteiger partial charge is 0.407 e. The van der Waals surface area contributed by atoms with Gasteiger partial charge in [-0.15, -0.1) is 0 Å². The summed E-state index contributed by atoms with van der Waals surface area (Å²) in [7, 11) is 1.22. The largest absolute Gasteiger partial charge is 0.453 e. The van der Waals surface area contributed by atoms with Crippen LogP contribution in [0.4, 0.5) is 4.79 Å². The Bertz CT molecular complexity index is 534. The minimum absolute atomic E-state index is 0.367. The topological polar surface area (TPSA) is 75.6 Å². The summed E-state index contributed by atoms with van der Waals surface area (Å²) in [5.74, 6) is -0.456. The second-order valence-electron chi connectivity index (χ2n) is 4.77. The lowest BCUT2D eigenvalue weighted by Crippen LogP contribution is -2.57. The summed E-state index contributed by atoms with van der Waals surface area (Å²) < 4.78 is 4.60. The molecule has 0 bridgehead atoms. The van der Waals surface area contributed by atoms with Gasteiger partial charge in [-0.25, -0.2) is 4.79 Å². The van der Waals surface area contributed by atoms with Crippen LogP contribution < -0.4 is 5.32 Å². The number of hydrogen-bond acceptors (Lipinski definition) is 4. The Morgan fingerprint density at radius 2 is 2.20 bits per heavy atom. The van der Waals surface area contributed by atoms with E-state index in [1.807, 2.05) is 0 Å². The predicted octanol–water partition coefficient (Wildman–Crippen LogP) is 2.01. The third-order valence-corrected chi connectivity index (χ3v) is 3.92. The van der Waals surface area contributed by atoms with Gasteiger partial charge in [-0.3, -0.25) is 4.79 Å². The molecule has 108 valence electrons. The van der Waals surface area contributed by atoms with Crippen LogP contribution in [0.25, 0.3) is 0 Å². The molecule has 2 atom stereocenters. The van der Waals surface area contributed by atoms with Gasteiger partial charge in [0, 0.05) is 10.6 Å². The maximum absolute atomic E-state index is 12.5. The Labute approximate surface area is 121 Å². The lowest BCUT2D eigenvalue weighted by atomic mass is 9.74. The normalized spacial score (nSPS) is 26.1. The molecule has 2 rings (SSSR count). The Hall–Kier alpha value is -1.59. The molecule has 2 unspecified atom stereocenters. The lowest BCUT2D eigenvalue weighted by Gasteiger charge is -2.38. The van der Waals surface area contributed by atoms with Gasteiger partial charge < -0.3 is 15.2 Å². The van der Waals surface area contributed by atoms with Crippen LogP contribution in [0.3, 0.4) is 0 Å². The number of methoxy groups -OCH3 is 1. The third kappa shape index (κ3) is 2.51. The first-order valence-corrected chi connectivity index (χ1v) is 6.72. The van der Waals surface area contributed by atoms with Gasteiger partial charge in [0.15, 0.2) is 5.78 Å². The number of ketones is 1. The maximum atomic E-state index is 12.5. The van der Waals surface area contributed by atoms with Gasteiger partial charge in [-0.05, 0) is 25.3 Å². The number of ether oxygens (including phenoxy) is 1. The summed E-state index contributed by atoms with van der Waals surface area (Å²) in [6.07, 6.45) is -0.484. The number of carbonyl (C=O) groups is 2. The molecule has 1 aromatic rings. The molecular formula is C14H16ClNO4. The number of aliphatic hydroxyl groups is 1. The molecule has 6 heteroatoms. The van der Waals surface area contributed by atoms with Crippen molar-refractivity contribution in [3.8, 4) is 0 Å². The summed E-state index contributed by atoms with van der Waals surface area (Å²) >= 11 is 6.16. The number of rotatable bonds is 2. The predicted molar refractivity (Wildman–Crippen MR) is 73.5 cm³/mol. The van der Waals surface area contributed by atoms with E-state index in [1.165, 1.54) is 7.11 Å². The highest BCUT2D eigenvalue weighted by atomic mass is 35.5. The van der Waals surface area contributed by atoms with Crippen molar-refractivity contribution in [1.29, 1.82) is 0 Å². The number of aliphatic hydroxyl groups excluding tert-OH is 1. The second kappa shape index (κ2) is 5.81. The molecule has 1 aliphatic carbocycles. The number of halogens is 1. The summed E-state index contributed by atoms with van der Waals surface area (Å²) in [6, 6.07) is 6.79. The van der Waals surface area contributed by atoms with E-state index < -0.39 is 23.5 Å². The molecule has 2 N–H and O–H groups in total. The molecule has 1 amide bonds. The highest BCUT2D eigenvalue weighted by Crippen LogP contribution is 2.38. The molecule has 1 aliphatic rings. The van der Waals surface area contributed by atoms with Crippen LogP contribution >= 0.6 is 11.6 Å². The molecule has 1 fully saturated rings. The van der Waals surface area contributed by atoms with Crippen molar-refractivity contribution in [2.45, 2.75) is 30.9 Å². The fraction of sp³-hybridized carbons (Fsp3) is 0.429. The minimum atomic E-state index is -1.33. The van der Waals surface area contributed by atoms with Gasteiger partial charge in [0.2, 0.25) is 0 Å². The highest BCUT2D eigenvalue weighted by Gasteiger charge is 2.48. The van der Waals surface area contributed by atoms with Crippen LogP contribution in [0.1, 0.15) is 24.8 Å². The number of Topliss-reactive ketones (excluding diaryl/α,β-unsaturated/α-hetero) is 1. The average molecular weight is 298 g/mol. The standard InChI is InChI=1S/C14H16ClNO4/c1-20-13(19)16-14(8-4-7-11(17)12(14)18)9-5-2-3-6-10(9)15/h2-3,5-6,11,17H,4,7-8H2,1H3,(H,16,19). The molecule has 0 aromatic heterocycles. The average Bonchev–Trinajstić information content (AvgIpc) is 2.44. The number of benzene rings is 1. The number of amides is 1. The van der Waals surface area contributed by atoms with Gasteiger partial charge in [0.05, 0.1) is 7.11 Å². The van der Waals surface area contributed by atoms with E-state index in [2.05, 4.69) is 10.1 Å². The monoisotopic (exact) mass is 297 g/mol. The summed E-state index contributed by atoms with van der Waals surface area (Å²) in [4.78, 5) is 24.1. The van der Waals surface area contributed by atoms with Crippen LogP contribution in [0.15, 0.2) is 24.3 Å². The highest BCUT2D eigenvalue weighted by molar-refractivity contribution is 6.31. The van der Waals surface area contributed by atoms with Crippen molar-refractivity contribution >= 4 is 23.5 Å². The SMILES string of the molecule is COC(=O)NC1(c2ccccc2Cl)CCCC(O)C1=O. The second-order valence-corrected chi connectivity index (χ2v) is 5.18. The van der Waals surface area contributed by atoms with E-state index in [0.717, 1.165) is 0 Å². The van der Waals surface area contributed by atoms with E-state index >= 15 is 0 Å². The molecule has 0 saturated heterocycles.